The molecule has 0 aliphatic heterocycles. The molecule has 0 aliphatic carbocycles. The third-order valence-corrected chi connectivity index (χ3v) is 3.68. The van der Waals surface area contributed by atoms with Crippen LogP contribution in [-0.4, -0.2) is 13.6 Å². The van der Waals surface area contributed by atoms with Crippen molar-refractivity contribution in [1.82, 2.24) is 5.32 Å². The first-order chi connectivity index (χ1) is 7.50. The fraction of sp³-hybridized carbons (Fsp3) is 0.538. The molecule has 1 nitrogen and oxygen atoms in total. The largest absolute Gasteiger partial charge is 0.319 e. The number of halogens is 2. The molecule has 0 heterocycles. The number of rotatable bonds is 5. The minimum Gasteiger partial charge on any atom is -0.319 e. The highest BCUT2D eigenvalue weighted by atomic mass is 35.5. The van der Waals surface area contributed by atoms with E-state index < -0.39 is 0 Å². The quantitative estimate of drug-likeness (QED) is 0.837. The van der Waals surface area contributed by atoms with Gasteiger partial charge in [-0.3, -0.25) is 0 Å². The van der Waals surface area contributed by atoms with E-state index in [1.54, 1.807) is 0 Å². The maximum Gasteiger partial charge on any atom is 0.0453 e. The molecule has 0 amide bonds. The minimum atomic E-state index is 0.242. The van der Waals surface area contributed by atoms with Crippen LogP contribution in [-0.2, 0) is 6.42 Å². The Hall–Kier alpha value is -0.240. The predicted molar refractivity (Wildman–Crippen MR) is 72.5 cm³/mol. The lowest BCUT2D eigenvalue weighted by atomic mass is 9.81. The lowest BCUT2D eigenvalue weighted by Crippen LogP contribution is -2.31. The van der Waals surface area contributed by atoms with Crippen molar-refractivity contribution in [2.24, 2.45) is 5.41 Å². The molecule has 0 fully saturated rings. The first-order valence-corrected chi connectivity index (χ1v) is 6.35. The van der Waals surface area contributed by atoms with Gasteiger partial charge in [0.15, 0.2) is 0 Å². The van der Waals surface area contributed by atoms with Crippen LogP contribution in [0.1, 0.15) is 25.8 Å². The summed E-state index contributed by atoms with van der Waals surface area (Å²) >= 11 is 12.1. The standard InChI is InChI=1S/C13H19Cl2N/c1-4-13(2,9-16-3)8-10-5-6-11(14)7-12(10)15/h5-7,16H,4,8-9H2,1-3H3. The molecular formula is C13H19Cl2N. The molecule has 0 saturated heterocycles. The third-order valence-electron chi connectivity index (χ3n) is 3.09. The molecule has 0 radical (unpaired) electrons. The second-order valence-corrected chi connectivity index (χ2v) is 5.45. The normalized spacial score (nSPS) is 14.8. The monoisotopic (exact) mass is 259 g/mol. The van der Waals surface area contributed by atoms with Gasteiger partial charge in [0.25, 0.3) is 0 Å². The van der Waals surface area contributed by atoms with Gasteiger partial charge in [-0.05, 0) is 43.0 Å². The summed E-state index contributed by atoms with van der Waals surface area (Å²) in [5, 5.41) is 4.70. The summed E-state index contributed by atoms with van der Waals surface area (Å²) in [5.74, 6) is 0. The van der Waals surface area contributed by atoms with E-state index in [-0.39, 0.29) is 5.41 Å². The van der Waals surface area contributed by atoms with Crippen molar-refractivity contribution in [3.05, 3.63) is 33.8 Å². The molecule has 1 rings (SSSR count). The van der Waals surface area contributed by atoms with Gasteiger partial charge >= 0.3 is 0 Å². The Morgan fingerprint density at radius 1 is 1.31 bits per heavy atom. The van der Waals surface area contributed by atoms with Gasteiger partial charge in [0.1, 0.15) is 0 Å². The molecule has 0 spiro atoms. The van der Waals surface area contributed by atoms with Crippen LogP contribution < -0.4 is 5.32 Å². The molecule has 1 aromatic rings. The van der Waals surface area contributed by atoms with Gasteiger partial charge in [-0.15, -0.1) is 0 Å². The first-order valence-electron chi connectivity index (χ1n) is 5.59. The molecule has 16 heavy (non-hydrogen) atoms. The van der Waals surface area contributed by atoms with Gasteiger partial charge in [-0.2, -0.15) is 0 Å². The average Bonchev–Trinajstić information content (AvgIpc) is 2.23. The Morgan fingerprint density at radius 3 is 2.50 bits per heavy atom. The Kier molecular flexibility index (Phi) is 5.10. The summed E-state index contributed by atoms with van der Waals surface area (Å²) < 4.78 is 0. The van der Waals surface area contributed by atoms with Crippen LogP contribution in [0.15, 0.2) is 18.2 Å². The lowest BCUT2D eigenvalue weighted by molar-refractivity contribution is 0.299. The van der Waals surface area contributed by atoms with Crippen molar-refractivity contribution < 1.29 is 0 Å². The summed E-state index contributed by atoms with van der Waals surface area (Å²) in [6.07, 6.45) is 2.09. The smallest absolute Gasteiger partial charge is 0.0453 e. The molecule has 0 aliphatic rings. The van der Waals surface area contributed by atoms with Gasteiger partial charge in [0, 0.05) is 16.6 Å². The second kappa shape index (κ2) is 5.90. The van der Waals surface area contributed by atoms with Crippen molar-refractivity contribution in [3.63, 3.8) is 0 Å². The van der Waals surface area contributed by atoms with E-state index >= 15 is 0 Å². The fourth-order valence-corrected chi connectivity index (χ4v) is 2.34. The highest BCUT2D eigenvalue weighted by molar-refractivity contribution is 6.35. The minimum absolute atomic E-state index is 0.242. The lowest BCUT2D eigenvalue weighted by Gasteiger charge is -2.28. The van der Waals surface area contributed by atoms with E-state index in [0.29, 0.717) is 5.02 Å². The van der Waals surface area contributed by atoms with Gasteiger partial charge in [-0.1, -0.05) is 43.1 Å². The Morgan fingerprint density at radius 2 is 2.00 bits per heavy atom. The zero-order valence-corrected chi connectivity index (χ0v) is 11.6. The number of hydrogen-bond acceptors (Lipinski definition) is 1. The van der Waals surface area contributed by atoms with Crippen LogP contribution in [0.4, 0.5) is 0 Å². The summed E-state index contributed by atoms with van der Waals surface area (Å²) in [4.78, 5) is 0. The predicted octanol–water partition coefficient (Wildman–Crippen LogP) is 4.17. The van der Waals surface area contributed by atoms with E-state index in [1.807, 2.05) is 25.2 Å². The van der Waals surface area contributed by atoms with E-state index in [4.69, 9.17) is 23.2 Å². The van der Waals surface area contributed by atoms with E-state index in [2.05, 4.69) is 19.2 Å². The maximum atomic E-state index is 6.19. The highest BCUT2D eigenvalue weighted by Crippen LogP contribution is 2.30. The summed E-state index contributed by atoms with van der Waals surface area (Å²) in [6, 6.07) is 5.74. The second-order valence-electron chi connectivity index (χ2n) is 4.61. The van der Waals surface area contributed by atoms with Crippen LogP contribution in [0.2, 0.25) is 10.0 Å². The Labute approximate surface area is 108 Å². The van der Waals surface area contributed by atoms with Crippen LogP contribution in [0.3, 0.4) is 0 Å². The van der Waals surface area contributed by atoms with Crippen LogP contribution in [0.25, 0.3) is 0 Å². The SMILES string of the molecule is CCC(C)(CNC)Cc1ccc(Cl)cc1Cl. The van der Waals surface area contributed by atoms with E-state index in [0.717, 1.165) is 24.4 Å². The number of hydrogen-bond donors (Lipinski definition) is 1. The highest BCUT2D eigenvalue weighted by Gasteiger charge is 2.22. The molecule has 3 heteroatoms. The fourth-order valence-electron chi connectivity index (χ4n) is 1.86. The molecular weight excluding hydrogens is 241 g/mol. The van der Waals surface area contributed by atoms with Gasteiger partial charge in [0.2, 0.25) is 0 Å². The van der Waals surface area contributed by atoms with Gasteiger partial charge in [-0.25, -0.2) is 0 Å². The Bertz CT molecular complexity index is 352. The summed E-state index contributed by atoms with van der Waals surface area (Å²) in [5.41, 5.74) is 1.41. The molecule has 0 aromatic heterocycles. The maximum absolute atomic E-state index is 6.19. The van der Waals surface area contributed by atoms with E-state index in [1.165, 1.54) is 5.56 Å². The van der Waals surface area contributed by atoms with Gasteiger partial charge in [0.05, 0.1) is 0 Å². The van der Waals surface area contributed by atoms with Crippen LogP contribution in [0, 0.1) is 5.41 Å². The topological polar surface area (TPSA) is 12.0 Å². The zero-order chi connectivity index (χ0) is 12.2. The van der Waals surface area contributed by atoms with Crippen molar-refractivity contribution in [2.75, 3.05) is 13.6 Å². The summed E-state index contributed by atoms with van der Waals surface area (Å²) in [6.45, 7) is 5.47. The number of benzene rings is 1. The summed E-state index contributed by atoms with van der Waals surface area (Å²) in [7, 11) is 1.98. The van der Waals surface area contributed by atoms with Crippen molar-refractivity contribution in [3.8, 4) is 0 Å². The molecule has 90 valence electrons. The Balaban J connectivity index is 2.85. The molecule has 1 aromatic carbocycles. The van der Waals surface area contributed by atoms with Crippen LogP contribution in [0.5, 0.6) is 0 Å². The zero-order valence-electron chi connectivity index (χ0n) is 10.1. The molecule has 1 N–H and O–H groups in total. The average molecular weight is 260 g/mol. The van der Waals surface area contributed by atoms with Gasteiger partial charge < -0.3 is 5.32 Å². The van der Waals surface area contributed by atoms with Crippen molar-refractivity contribution >= 4 is 23.2 Å². The van der Waals surface area contributed by atoms with E-state index in [9.17, 15) is 0 Å². The third kappa shape index (κ3) is 3.65. The first kappa shape index (κ1) is 13.8. The molecule has 0 saturated carbocycles. The van der Waals surface area contributed by atoms with Crippen molar-refractivity contribution in [1.29, 1.82) is 0 Å². The van der Waals surface area contributed by atoms with Crippen molar-refractivity contribution in [2.45, 2.75) is 26.7 Å². The number of nitrogens with one attached hydrogen (secondary N) is 1. The molecule has 1 atom stereocenters. The van der Waals surface area contributed by atoms with Crippen LogP contribution >= 0.6 is 23.2 Å². The molecule has 1 unspecified atom stereocenters. The molecule has 0 bridgehead atoms.